The first-order valence-corrected chi connectivity index (χ1v) is 5.42. The Hall–Kier alpha value is -0.900. The molecule has 1 aliphatic carbocycles. The van der Waals surface area contributed by atoms with Crippen molar-refractivity contribution in [3.05, 3.63) is 11.7 Å². The number of unbranched alkanes of at least 4 members (excludes halogenated alkanes) is 1. The van der Waals surface area contributed by atoms with E-state index in [1.165, 1.54) is 19.3 Å². The van der Waals surface area contributed by atoms with Gasteiger partial charge in [-0.1, -0.05) is 11.6 Å². The molecule has 4 nitrogen and oxygen atoms in total. The van der Waals surface area contributed by atoms with E-state index in [9.17, 15) is 0 Å². The fourth-order valence-electron chi connectivity index (χ4n) is 1.62. The molecule has 0 atom stereocenters. The van der Waals surface area contributed by atoms with Crippen LogP contribution in [-0.4, -0.2) is 16.7 Å². The van der Waals surface area contributed by atoms with E-state index in [0.717, 1.165) is 37.5 Å². The van der Waals surface area contributed by atoms with E-state index >= 15 is 0 Å². The number of rotatable bonds is 5. The molecule has 1 aromatic heterocycles. The number of hydrogen-bond donors (Lipinski definition) is 1. The Labute approximate surface area is 83.9 Å². The Bertz CT molecular complexity index is 281. The zero-order valence-corrected chi connectivity index (χ0v) is 8.41. The molecule has 2 rings (SSSR count). The molecule has 1 heterocycles. The lowest BCUT2D eigenvalue weighted by molar-refractivity contribution is 0.345. The molecule has 2 N–H and O–H groups in total. The second-order valence-electron chi connectivity index (χ2n) is 3.92. The Morgan fingerprint density at radius 2 is 2.21 bits per heavy atom. The summed E-state index contributed by atoms with van der Waals surface area (Å²) in [5, 5.41) is 4.00. The van der Waals surface area contributed by atoms with Gasteiger partial charge in [0.05, 0.1) is 0 Å². The van der Waals surface area contributed by atoms with E-state index in [1.54, 1.807) is 0 Å². The average Bonchev–Trinajstić information content (AvgIpc) is 2.51. The Morgan fingerprint density at radius 3 is 2.86 bits per heavy atom. The second-order valence-corrected chi connectivity index (χ2v) is 3.92. The van der Waals surface area contributed by atoms with Gasteiger partial charge in [0.25, 0.3) is 0 Å². The molecule has 1 saturated carbocycles. The second kappa shape index (κ2) is 4.55. The molecule has 1 aliphatic rings. The minimum atomic E-state index is 0.571. The fourth-order valence-corrected chi connectivity index (χ4v) is 1.62. The van der Waals surface area contributed by atoms with Gasteiger partial charge >= 0.3 is 0 Å². The van der Waals surface area contributed by atoms with E-state index in [1.807, 2.05) is 0 Å². The highest BCUT2D eigenvalue weighted by atomic mass is 16.5. The largest absolute Gasteiger partial charge is 0.339 e. The third-order valence-electron chi connectivity index (χ3n) is 2.80. The van der Waals surface area contributed by atoms with E-state index < -0.39 is 0 Å². The predicted molar refractivity (Wildman–Crippen MR) is 52.9 cm³/mol. The van der Waals surface area contributed by atoms with E-state index in [0.29, 0.717) is 5.92 Å². The van der Waals surface area contributed by atoms with Crippen molar-refractivity contribution < 1.29 is 4.52 Å². The highest BCUT2D eigenvalue weighted by Crippen LogP contribution is 2.34. The molecule has 78 valence electrons. The molecular weight excluding hydrogens is 178 g/mol. The summed E-state index contributed by atoms with van der Waals surface area (Å²) in [6, 6.07) is 0. The van der Waals surface area contributed by atoms with Crippen molar-refractivity contribution >= 4 is 0 Å². The van der Waals surface area contributed by atoms with Crippen LogP contribution in [0.3, 0.4) is 0 Å². The molecule has 0 saturated heterocycles. The zero-order valence-electron chi connectivity index (χ0n) is 8.41. The molecule has 1 aromatic rings. The Morgan fingerprint density at radius 1 is 1.36 bits per heavy atom. The third-order valence-corrected chi connectivity index (χ3v) is 2.80. The zero-order chi connectivity index (χ0) is 9.80. The monoisotopic (exact) mass is 195 g/mol. The van der Waals surface area contributed by atoms with Crippen molar-refractivity contribution in [2.45, 2.75) is 44.4 Å². The van der Waals surface area contributed by atoms with Gasteiger partial charge in [-0.3, -0.25) is 0 Å². The normalized spacial score (nSPS) is 16.9. The van der Waals surface area contributed by atoms with Gasteiger partial charge in [0.2, 0.25) is 5.89 Å². The van der Waals surface area contributed by atoms with Crippen LogP contribution in [0.5, 0.6) is 0 Å². The van der Waals surface area contributed by atoms with Crippen LogP contribution in [-0.2, 0) is 6.42 Å². The van der Waals surface area contributed by atoms with Crippen LogP contribution in [0.25, 0.3) is 0 Å². The predicted octanol–water partition coefficient (Wildman–Crippen LogP) is 1.62. The maximum atomic E-state index is 5.41. The first-order valence-electron chi connectivity index (χ1n) is 5.42. The van der Waals surface area contributed by atoms with E-state index in [-0.39, 0.29) is 0 Å². The topological polar surface area (TPSA) is 64.9 Å². The number of nitrogens with two attached hydrogens (primary N) is 1. The number of aromatic nitrogens is 2. The Kier molecular flexibility index (Phi) is 3.14. The molecule has 0 amide bonds. The van der Waals surface area contributed by atoms with Gasteiger partial charge < -0.3 is 10.3 Å². The minimum absolute atomic E-state index is 0.571. The summed E-state index contributed by atoms with van der Waals surface area (Å²) >= 11 is 0. The molecule has 14 heavy (non-hydrogen) atoms. The summed E-state index contributed by atoms with van der Waals surface area (Å²) in [4.78, 5) is 4.39. The van der Waals surface area contributed by atoms with Gasteiger partial charge in [0, 0.05) is 12.3 Å². The van der Waals surface area contributed by atoms with Gasteiger partial charge in [-0.15, -0.1) is 0 Å². The number of aryl methyl sites for hydroxylation is 1. The summed E-state index contributed by atoms with van der Waals surface area (Å²) in [6.45, 7) is 0.740. The van der Waals surface area contributed by atoms with Crippen molar-refractivity contribution in [2.24, 2.45) is 5.73 Å². The van der Waals surface area contributed by atoms with E-state index in [2.05, 4.69) is 10.1 Å². The lowest BCUT2D eigenvalue weighted by Crippen LogP contribution is -2.10. The molecule has 0 bridgehead atoms. The van der Waals surface area contributed by atoms with Gasteiger partial charge in [0.15, 0.2) is 5.82 Å². The third kappa shape index (κ3) is 2.12. The van der Waals surface area contributed by atoms with Crippen LogP contribution in [0.2, 0.25) is 0 Å². The van der Waals surface area contributed by atoms with Crippen molar-refractivity contribution in [3.63, 3.8) is 0 Å². The van der Waals surface area contributed by atoms with Crippen molar-refractivity contribution in [2.75, 3.05) is 6.54 Å². The standard InChI is InChI=1S/C10H17N3O/c11-7-2-1-6-9-12-10(13-14-9)8-4-3-5-8/h8H,1-7,11H2. The molecule has 0 radical (unpaired) electrons. The summed E-state index contributed by atoms with van der Waals surface area (Å²) in [6.07, 6.45) is 6.70. The van der Waals surface area contributed by atoms with Gasteiger partial charge in [-0.05, 0) is 32.2 Å². The summed E-state index contributed by atoms with van der Waals surface area (Å²) in [5.41, 5.74) is 5.41. The smallest absolute Gasteiger partial charge is 0.226 e. The van der Waals surface area contributed by atoms with Crippen LogP contribution in [0.4, 0.5) is 0 Å². The maximum Gasteiger partial charge on any atom is 0.226 e. The Balaban J connectivity index is 1.83. The molecule has 0 aliphatic heterocycles. The SMILES string of the molecule is NCCCCc1nc(C2CCC2)no1. The van der Waals surface area contributed by atoms with Crippen LogP contribution < -0.4 is 5.73 Å². The van der Waals surface area contributed by atoms with Crippen molar-refractivity contribution in [3.8, 4) is 0 Å². The van der Waals surface area contributed by atoms with Gasteiger partial charge in [0.1, 0.15) is 0 Å². The maximum absolute atomic E-state index is 5.41. The molecule has 0 unspecified atom stereocenters. The quantitative estimate of drug-likeness (QED) is 0.725. The average molecular weight is 195 g/mol. The highest BCUT2D eigenvalue weighted by Gasteiger charge is 2.24. The lowest BCUT2D eigenvalue weighted by Gasteiger charge is -2.20. The van der Waals surface area contributed by atoms with Crippen molar-refractivity contribution in [1.82, 2.24) is 10.1 Å². The first-order chi connectivity index (χ1) is 6.90. The summed E-state index contributed by atoms with van der Waals surface area (Å²) in [7, 11) is 0. The molecule has 0 aromatic carbocycles. The molecule has 4 heteroatoms. The van der Waals surface area contributed by atoms with Crippen molar-refractivity contribution in [1.29, 1.82) is 0 Å². The molecular formula is C10H17N3O. The van der Waals surface area contributed by atoms with Crippen LogP contribution in [0.1, 0.15) is 49.7 Å². The lowest BCUT2D eigenvalue weighted by atomic mass is 9.85. The highest BCUT2D eigenvalue weighted by molar-refractivity contribution is 4.99. The fraction of sp³-hybridized carbons (Fsp3) is 0.800. The summed E-state index contributed by atoms with van der Waals surface area (Å²) in [5.74, 6) is 2.27. The van der Waals surface area contributed by atoms with Gasteiger partial charge in [-0.25, -0.2) is 0 Å². The molecule has 1 fully saturated rings. The minimum Gasteiger partial charge on any atom is -0.339 e. The van der Waals surface area contributed by atoms with E-state index in [4.69, 9.17) is 10.3 Å². The van der Waals surface area contributed by atoms with Crippen LogP contribution >= 0.6 is 0 Å². The van der Waals surface area contributed by atoms with Crippen LogP contribution in [0, 0.1) is 0 Å². The summed E-state index contributed by atoms with van der Waals surface area (Å²) < 4.78 is 5.17. The number of hydrogen-bond acceptors (Lipinski definition) is 4. The van der Waals surface area contributed by atoms with Gasteiger partial charge in [-0.2, -0.15) is 4.98 Å². The molecule has 0 spiro atoms. The van der Waals surface area contributed by atoms with Crippen LogP contribution in [0.15, 0.2) is 4.52 Å². The number of nitrogens with zero attached hydrogens (tertiary/aromatic N) is 2. The first kappa shape index (κ1) is 9.65.